The van der Waals surface area contributed by atoms with Crippen molar-refractivity contribution in [2.24, 2.45) is 0 Å². The van der Waals surface area contributed by atoms with Gasteiger partial charge in [-0.25, -0.2) is 12.8 Å². The highest BCUT2D eigenvalue weighted by Crippen LogP contribution is 2.27. The van der Waals surface area contributed by atoms with Crippen LogP contribution in [0, 0.1) is 5.82 Å². The lowest BCUT2D eigenvalue weighted by molar-refractivity contribution is -0.128. The fourth-order valence-electron chi connectivity index (χ4n) is 3.37. The van der Waals surface area contributed by atoms with E-state index in [1.807, 2.05) is 30.3 Å². The van der Waals surface area contributed by atoms with Crippen molar-refractivity contribution in [2.75, 3.05) is 32.8 Å². The van der Waals surface area contributed by atoms with Crippen LogP contribution in [0.25, 0.3) is 6.08 Å². The molecule has 28 heavy (non-hydrogen) atoms. The normalized spacial score (nSPS) is 17.5. The molecule has 6 nitrogen and oxygen atoms in total. The van der Waals surface area contributed by atoms with Crippen molar-refractivity contribution in [3.8, 4) is 5.75 Å². The van der Waals surface area contributed by atoms with Gasteiger partial charge in [0.05, 0.1) is 5.57 Å². The highest BCUT2D eigenvalue weighted by atomic mass is 32.2. The van der Waals surface area contributed by atoms with Crippen molar-refractivity contribution in [1.82, 2.24) is 9.21 Å². The maximum atomic E-state index is 13.9. The molecule has 1 fully saturated rings. The van der Waals surface area contributed by atoms with Gasteiger partial charge in [-0.05, 0) is 24.3 Å². The van der Waals surface area contributed by atoms with Gasteiger partial charge in [0.2, 0.25) is 10.0 Å². The number of halogens is 1. The molecule has 8 heteroatoms. The number of fused-ring (bicyclic) bond motifs is 1. The van der Waals surface area contributed by atoms with Crippen LogP contribution in [0.4, 0.5) is 4.39 Å². The van der Waals surface area contributed by atoms with Crippen molar-refractivity contribution >= 4 is 22.0 Å². The van der Waals surface area contributed by atoms with Gasteiger partial charge in [-0.2, -0.15) is 4.31 Å². The molecule has 2 aromatic rings. The third-order valence-electron chi connectivity index (χ3n) is 4.89. The van der Waals surface area contributed by atoms with Gasteiger partial charge in [0.15, 0.2) is 0 Å². The standard InChI is InChI=1S/C20H19FN2O4S/c21-17-6-2-4-8-19(17)28(25,26)23-11-9-22(10-12-23)20(24)16-13-15-5-1-3-7-18(15)27-14-16/h1-8,13H,9-12,14H2. The number of nitrogens with zero attached hydrogens (tertiary/aromatic N) is 2. The Bertz CT molecular complexity index is 1040. The first-order chi connectivity index (χ1) is 13.5. The maximum Gasteiger partial charge on any atom is 0.253 e. The smallest absolute Gasteiger partial charge is 0.253 e. The molecule has 2 aliphatic rings. The molecule has 2 heterocycles. The number of ether oxygens (including phenoxy) is 1. The van der Waals surface area contributed by atoms with E-state index in [1.54, 1.807) is 4.90 Å². The van der Waals surface area contributed by atoms with Crippen molar-refractivity contribution in [1.29, 1.82) is 0 Å². The molecule has 0 atom stereocenters. The molecule has 146 valence electrons. The topological polar surface area (TPSA) is 66.9 Å². The van der Waals surface area contributed by atoms with Crippen LogP contribution in [0.15, 0.2) is 59.0 Å². The monoisotopic (exact) mass is 402 g/mol. The lowest BCUT2D eigenvalue weighted by Gasteiger charge is -2.34. The summed E-state index contributed by atoms with van der Waals surface area (Å²) in [4.78, 5) is 14.1. The summed E-state index contributed by atoms with van der Waals surface area (Å²) in [6.45, 7) is 0.904. The highest BCUT2D eigenvalue weighted by Gasteiger charge is 2.32. The van der Waals surface area contributed by atoms with Gasteiger partial charge in [-0.3, -0.25) is 4.79 Å². The molecule has 0 aromatic heterocycles. The Morgan fingerprint density at radius 2 is 1.64 bits per heavy atom. The number of para-hydroxylation sites is 1. The van der Waals surface area contributed by atoms with Crippen LogP contribution in [0.5, 0.6) is 5.75 Å². The summed E-state index contributed by atoms with van der Waals surface area (Å²) in [6.07, 6.45) is 1.81. The molecule has 4 rings (SSSR count). The number of rotatable bonds is 3. The number of benzene rings is 2. The Hall–Kier alpha value is -2.71. The van der Waals surface area contributed by atoms with Gasteiger partial charge >= 0.3 is 0 Å². The molecular formula is C20H19FN2O4S. The van der Waals surface area contributed by atoms with Crippen molar-refractivity contribution in [2.45, 2.75) is 4.90 Å². The number of sulfonamides is 1. The predicted molar refractivity (Wildman–Crippen MR) is 102 cm³/mol. The maximum absolute atomic E-state index is 13.9. The number of carbonyl (C=O) groups is 1. The van der Waals surface area contributed by atoms with Crippen LogP contribution in [-0.2, 0) is 14.8 Å². The van der Waals surface area contributed by atoms with Gasteiger partial charge in [0.25, 0.3) is 5.91 Å². The second kappa shape index (κ2) is 7.37. The Balaban J connectivity index is 1.45. The van der Waals surface area contributed by atoms with Crippen LogP contribution in [0.2, 0.25) is 0 Å². The van der Waals surface area contributed by atoms with Crippen molar-refractivity contribution < 1.29 is 22.3 Å². The van der Waals surface area contributed by atoms with E-state index in [4.69, 9.17) is 4.74 Å². The van der Waals surface area contributed by atoms with E-state index in [9.17, 15) is 17.6 Å². The van der Waals surface area contributed by atoms with Gasteiger partial charge in [-0.15, -0.1) is 0 Å². The minimum Gasteiger partial charge on any atom is -0.488 e. The van der Waals surface area contributed by atoms with Crippen LogP contribution in [0.3, 0.4) is 0 Å². The van der Waals surface area contributed by atoms with E-state index in [2.05, 4.69) is 0 Å². The number of carbonyl (C=O) groups excluding carboxylic acids is 1. The van der Waals surface area contributed by atoms with E-state index < -0.39 is 15.8 Å². The Morgan fingerprint density at radius 3 is 2.39 bits per heavy atom. The third kappa shape index (κ3) is 3.41. The second-order valence-corrected chi connectivity index (χ2v) is 8.53. The molecule has 1 saturated heterocycles. The SMILES string of the molecule is O=C(C1=Cc2ccccc2OC1)N1CCN(S(=O)(=O)c2ccccc2F)CC1. The summed E-state index contributed by atoms with van der Waals surface area (Å²) in [7, 11) is -3.93. The minimum absolute atomic E-state index is 0.118. The average molecular weight is 402 g/mol. The van der Waals surface area contributed by atoms with Crippen LogP contribution < -0.4 is 4.74 Å². The fraction of sp³-hybridized carbons (Fsp3) is 0.250. The zero-order chi connectivity index (χ0) is 19.7. The summed E-state index contributed by atoms with van der Waals surface area (Å²) in [5, 5.41) is 0. The molecule has 0 unspecified atom stereocenters. The molecular weight excluding hydrogens is 383 g/mol. The molecule has 0 saturated carbocycles. The molecule has 0 N–H and O–H groups in total. The quantitative estimate of drug-likeness (QED) is 0.789. The fourth-order valence-corrected chi connectivity index (χ4v) is 4.85. The summed E-state index contributed by atoms with van der Waals surface area (Å²) < 4.78 is 46.1. The van der Waals surface area contributed by atoms with Crippen molar-refractivity contribution in [3.63, 3.8) is 0 Å². The zero-order valence-electron chi connectivity index (χ0n) is 15.0. The number of hydrogen-bond acceptors (Lipinski definition) is 4. The summed E-state index contributed by atoms with van der Waals surface area (Å²) in [6, 6.07) is 12.8. The molecule has 0 bridgehead atoms. The van der Waals surface area contributed by atoms with E-state index in [-0.39, 0.29) is 43.6 Å². The highest BCUT2D eigenvalue weighted by molar-refractivity contribution is 7.89. The number of hydrogen-bond donors (Lipinski definition) is 0. The average Bonchev–Trinajstić information content (AvgIpc) is 2.73. The van der Waals surface area contributed by atoms with Gasteiger partial charge < -0.3 is 9.64 Å². The molecule has 0 spiro atoms. The second-order valence-electron chi connectivity index (χ2n) is 6.62. The minimum atomic E-state index is -3.93. The molecule has 2 aliphatic heterocycles. The van der Waals surface area contributed by atoms with Gasteiger partial charge in [0, 0.05) is 31.7 Å². The largest absolute Gasteiger partial charge is 0.488 e. The molecule has 2 aromatic carbocycles. The number of amides is 1. The Morgan fingerprint density at radius 1 is 0.964 bits per heavy atom. The van der Waals surface area contributed by atoms with Crippen molar-refractivity contribution in [3.05, 3.63) is 65.5 Å². The Kier molecular flexibility index (Phi) is 4.91. The summed E-state index contributed by atoms with van der Waals surface area (Å²) in [5.41, 5.74) is 1.38. The number of piperazine rings is 1. The van der Waals surface area contributed by atoms with Crippen LogP contribution in [0.1, 0.15) is 5.56 Å². The van der Waals surface area contributed by atoms with E-state index in [0.717, 1.165) is 17.4 Å². The molecule has 0 radical (unpaired) electrons. The Labute approximate surface area is 162 Å². The van der Waals surface area contributed by atoms with Crippen LogP contribution in [-0.4, -0.2) is 56.3 Å². The third-order valence-corrected chi connectivity index (χ3v) is 6.82. The predicted octanol–water partition coefficient (Wildman–Crippen LogP) is 2.13. The first kappa shape index (κ1) is 18.6. The summed E-state index contributed by atoms with van der Waals surface area (Å²) in [5.74, 6) is -0.207. The summed E-state index contributed by atoms with van der Waals surface area (Å²) >= 11 is 0. The van der Waals surface area contributed by atoms with Gasteiger partial charge in [0.1, 0.15) is 23.1 Å². The van der Waals surface area contributed by atoms with E-state index in [1.165, 1.54) is 22.5 Å². The lowest BCUT2D eigenvalue weighted by Crippen LogP contribution is -2.51. The van der Waals surface area contributed by atoms with Crippen LogP contribution >= 0.6 is 0 Å². The zero-order valence-corrected chi connectivity index (χ0v) is 15.9. The molecule has 0 aliphatic carbocycles. The first-order valence-corrected chi connectivity index (χ1v) is 10.4. The van der Waals surface area contributed by atoms with E-state index >= 15 is 0 Å². The lowest BCUT2D eigenvalue weighted by atomic mass is 10.1. The first-order valence-electron chi connectivity index (χ1n) is 8.93. The van der Waals surface area contributed by atoms with Gasteiger partial charge in [-0.1, -0.05) is 30.3 Å². The van der Waals surface area contributed by atoms with E-state index in [0.29, 0.717) is 5.57 Å². The molecule has 1 amide bonds.